The molecule has 0 saturated carbocycles. The number of benzene rings is 2. The van der Waals surface area contributed by atoms with Crippen LogP contribution in [0.15, 0.2) is 42.6 Å². The number of sulfonamides is 2. The van der Waals surface area contributed by atoms with Crippen LogP contribution in [0, 0.1) is 30.3 Å². The fourth-order valence-electron chi connectivity index (χ4n) is 5.17. The number of nitrogens with one attached hydrogen (secondary N) is 1. The Morgan fingerprint density at radius 2 is 1.30 bits per heavy atom. The van der Waals surface area contributed by atoms with Crippen LogP contribution in [0.4, 0.5) is 30.4 Å². The van der Waals surface area contributed by atoms with Crippen molar-refractivity contribution in [1.82, 2.24) is 33.6 Å². The Kier molecular flexibility index (Phi) is 11.8. The number of alkyl halides is 3. The van der Waals surface area contributed by atoms with E-state index in [0.717, 1.165) is 16.8 Å². The predicted octanol–water partition coefficient (Wildman–Crippen LogP) is 1.19. The molecule has 2 aliphatic rings. The quantitative estimate of drug-likeness (QED) is 0.212. The molecule has 2 aromatic carbocycles. The number of carbonyl (C=O) groups excluding carboxylic acids is 1. The summed E-state index contributed by atoms with van der Waals surface area (Å²) in [5, 5.41) is 42.7. The van der Waals surface area contributed by atoms with Gasteiger partial charge in [0, 0.05) is 81.4 Å². The fourth-order valence-corrected chi connectivity index (χ4v) is 6.83. The van der Waals surface area contributed by atoms with Crippen LogP contribution in [0.25, 0.3) is 21.8 Å². The molecule has 53 heavy (non-hydrogen) atoms. The molecule has 2 fully saturated rings. The van der Waals surface area contributed by atoms with Crippen molar-refractivity contribution in [2.75, 3.05) is 69.8 Å². The second-order valence-corrected chi connectivity index (χ2v) is 15.4. The van der Waals surface area contributed by atoms with E-state index in [1.165, 1.54) is 40.9 Å². The molecule has 0 unspecified atom stereocenters. The van der Waals surface area contributed by atoms with Crippen molar-refractivity contribution in [3.8, 4) is 0 Å². The van der Waals surface area contributed by atoms with Gasteiger partial charge in [-0.1, -0.05) is 0 Å². The maximum Gasteiger partial charge on any atom is 0.471 e. The average molecular weight is 794 g/mol. The van der Waals surface area contributed by atoms with Gasteiger partial charge in [-0.15, -0.1) is 0 Å². The number of amides is 1. The monoisotopic (exact) mass is 793 g/mol. The predicted molar refractivity (Wildman–Crippen MR) is 179 cm³/mol. The molecule has 0 atom stereocenters. The van der Waals surface area contributed by atoms with E-state index in [1.54, 1.807) is 6.07 Å². The number of fused-ring (bicyclic) bond motifs is 2. The van der Waals surface area contributed by atoms with Gasteiger partial charge in [-0.3, -0.25) is 30.1 Å². The summed E-state index contributed by atoms with van der Waals surface area (Å²) < 4.78 is 83.8. The Balaban J connectivity index is 0.000000182. The third kappa shape index (κ3) is 10.1. The Labute approximate surface area is 296 Å². The first-order chi connectivity index (χ1) is 24.6. The zero-order valence-electron chi connectivity index (χ0n) is 27.6. The highest BCUT2D eigenvalue weighted by Gasteiger charge is 2.43. The Morgan fingerprint density at radius 1 is 0.792 bits per heavy atom. The lowest BCUT2D eigenvalue weighted by atomic mass is 10.2. The van der Waals surface area contributed by atoms with Gasteiger partial charge in [0.15, 0.2) is 5.82 Å². The Hall–Kier alpha value is -5.54. The molecule has 0 bridgehead atoms. The largest absolute Gasteiger partial charge is 0.471 e. The molecule has 2 aromatic heterocycles. The van der Waals surface area contributed by atoms with E-state index < -0.39 is 47.0 Å². The minimum atomic E-state index is -4.90. The normalized spacial score (nSPS) is 16.0. The number of hydrogen-bond donors (Lipinski definition) is 1. The number of non-ortho nitro benzene ring substituents is 2. The standard InChI is InChI=1S/C12H15N5O4S.C7H11F3N2O3S.C7H4N4O4/c1-22(20,21)16-6-4-15(5-7-16)12-10-8-9(17(18)19)2-3-11(10)13-14-12;1-16(14,15)12-4-2-11(3-5-12)6(13)7(8,9)10;12-10(13)6-1-2-7-5(3-6)4-9(8-7)11(14)15/h2-3,8H,4-7H2,1H3,(H,13,14);2-5H2,1H3;1-4H. The van der Waals surface area contributed by atoms with E-state index in [-0.39, 0.29) is 37.6 Å². The van der Waals surface area contributed by atoms with Crippen LogP contribution in [-0.2, 0) is 24.8 Å². The second kappa shape index (κ2) is 15.6. The van der Waals surface area contributed by atoms with Gasteiger partial charge in [0.25, 0.3) is 11.4 Å². The molecular formula is C26H30F3N11O11S2. The summed E-state index contributed by atoms with van der Waals surface area (Å²) in [6.45, 7) is 1.09. The van der Waals surface area contributed by atoms with Crippen LogP contribution in [-0.4, -0.2) is 142 Å². The third-order valence-electron chi connectivity index (χ3n) is 7.84. The molecule has 22 nitrogen and oxygen atoms in total. The molecule has 1 amide bonds. The van der Waals surface area contributed by atoms with E-state index >= 15 is 0 Å². The summed E-state index contributed by atoms with van der Waals surface area (Å²) in [5.41, 5.74) is 0.943. The van der Waals surface area contributed by atoms with Crippen molar-refractivity contribution in [1.29, 1.82) is 0 Å². The lowest BCUT2D eigenvalue weighted by molar-refractivity contribution is -0.552. The number of anilines is 1. The lowest BCUT2D eigenvalue weighted by Crippen LogP contribution is -2.53. The van der Waals surface area contributed by atoms with Gasteiger partial charge < -0.3 is 19.9 Å². The van der Waals surface area contributed by atoms with E-state index in [0.29, 0.717) is 63.5 Å². The number of hydrogen-bond acceptors (Lipinski definition) is 14. The number of piperazine rings is 2. The second-order valence-electron chi connectivity index (χ2n) is 11.4. The van der Waals surface area contributed by atoms with E-state index in [9.17, 15) is 65.1 Å². The summed E-state index contributed by atoms with van der Waals surface area (Å²) in [6.07, 6.45) is -1.60. The zero-order chi connectivity index (χ0) is 39.5. The van der Waals surface area contributed by atoms with Crippen LogP contribution in [0.5, 0.6) is 0 Å². The minimum Gasteiger partial charge on any atom is -0.352 e. The van der Waals surface area contributed by atoms with Crippen LogP contribution in [0.1, 0.15) is 0 Å². The molecule has 0 aliphatic carbocycles. The van der Waals surface area contributed by atoms with Crippen molar-refractivity contribution >= 4 is 65.0 Å². The van der Waals surface area contributed by atoms with Crippen molar-refractivity contribution in [3.63, 3.8) is 0 Å². The van der Waals surface area contributed by atoms with E-state index in [2.05, 4.69) is 15.3 Å². The molecule has 288 valence electrons. The molecule has 1 N–H and O–H groups in total. The maximum absolute atomic E-state index is 12.0. The molecule has 0 radical (unpaired) electrons. The molecular weight excluding hydrogens is 763 g/mol. The van der Waals surface area contributed by atoms with Gasteiger partial charge in [-0.25, -0.2) is 16.8 Å². The number of H-pyrrole nitrogens is 1. The number of nitro groups is 3. The highest BCUT2D eigenvalue weighted by atomic mass is 32.2. The SMILES string of the molecule is CS(=O)(=O)N1CCN(C(=O)C(F)(F)F)CC1.CS(=O)(=O)N1CCN(c2n[nH]c3ccc([N+](=O)[O-])cc23)CC1.O=[N+]([O-])c1ccc2nn([N+](=O)[O-])cc2c1. The Bertz CT molecular complexity index is 2240. The molecule has 2 aliphatic heterocycles. The minimum absolute atomic E-state index is 0.00456. The van der Waals surface area contributed by atoms with Crippen molar-refractivity contribution in [3.05, 3.63) is 72.9 Å². The van der Waals surface area contributed by atoms with Gasteiger partial charge in [-0.2, -0.15) is 26.9 Å². The first kappa shape index (κ1) is 40.2. The number of rotatable bonds is 6. The smallest absolute Gasteiger partial charge is 0.352 e. The topological polar surface area (TPSA) is 274 Å². The summed E-state index contributed by atoms with van der Waals surface area (Å²) in [6, 6.07) is 8.38. The summed E-state index contributed by atoms with van der Waals surface area (Å²) in [7, 11) is -6.59. The van der Waals surface area contributed by atoms with Crippen LogP contribution in [0.3, 0.4) is 0 Å². The summed E-state index contributed by atoms with van der Waals surface area (Å²) >= 11 is 0. The number of nitro benzene ring substituents is 2. The van der Waals surface area contributed by atoms with Crippen LogP contribution >= 0.6 is 0 Å². The molecule has 0 spiro atoms. The van der Waals surface area contributed by atoms with Crippen molar-refractivity contribution in [2.45, 2.75) is 6.18 Å². The average Bonchev–Trinajstić information content (AvgIpc) is 3.71. The molecule has 2 saturated heterocycles. The number of aromatic nitrogens is 4. The Morgan fingerprint density at radius 3 is 1.79 bits per heavy atom. The van der Waals surface area contributed by atoms with Crippen molar-refractivity contribution in [2.24, 2.45) is 0 Å². The van der Waals surface area contributed by atoms with E-state index in [1.807, 2.05) is 4.90 Å². The first-order valence-electron chi connectivity index (χ1n) is 15.0. The summed E-state index contributed by atoms with van der Waals surface area (Å²) in [4.78, 5) is 44.6. The zero-order valence-corrected chi connectivity index (χ0v) is 29.2. The van der Waals surface area contributed by atoms with E-state index in [4.69, 9.17) is 0 Å². The highest BCUT2D eigenvalue weighted by Crippen LogP contribution is 2.29. The highest BCUT2D eigenvalue weighted by molar-refractivity contribution is 7.88. The maximum atomic E-state index is 12.0. The van der Waals surface area contributed by atoms with Gasteiger partial charge in [0.05, 0.1) is 48.8 Å². The fraction of sp³-hybridized carbons (Fsp3) is 0.423. The number of halogens is 3. The van der Waals surface area contributed by atoms with Gasteiger partial charge in [0.2, 0.25) is 25.6 Å². The van der Waals surface area contributed by atoms with Crippen LogP contribution in [0.2, 0.25) is 0 Å². The molecule has 6 rings (SSSR count). The third-order valence-corrected chi connectivity index (χ3v) is 10.4. The summed E-state index contributed by atoms with van der Waals surface area (Å²) in [5.74, 6) is -1.30. The number of aromatic amines is 1. The number of carbonyl (C=O) groups is 1. The lowest BCUT2D eigenvalue weighted by Gasteiger charge is -2.33. The molecule has 4 aromatic rings. The van der Waals surface area contributed by atoms with Crippen LogP contribution < -0.4 is 4.90 Å². The van der Waals surface area contributed by atoms with Gasteiger partial charge in [0.1, 0.15) is 6.20 Å². The van der Waals surface area contributed by atoms with Crippen molar-refractivity contribution < 1.29 is 49.7 Å². The first-order valence-corrected chi connectivity index (χ1v) is 18.7. The number of nitrogens with zero attached hydrogens (tertiary/aromatic N) is 10. The van der Waals surface area contributed by atoms with Gasteiger partial charge in [-0.05, 0) is 12.1 Å². The van der Waals surface area contributed by atoms with Gasteiger partial charge >= 0.3 is 12.1 Å². The molecule has 4 heterocycles. The molecule has 27 heteroatoms.